The second-order valence-electron chi connectivity index (χ2n) is 16.0. The van der Waals surface area contributed by atoms with Crippen molar-refractivity contribution in [3.05, 3.63) is 52.0 Å². The van der Waals surface area contributed by atoms with Crippen LogP contribution in [0.1, 0.15) is 126 Å². The van der Waals surface area contributed by atoms with Crippen molar-refractivity contribution in [2.45, 2.75) is 130 Å². The molecule has 7 atom stereocenters. The molecule has 2 aromatic rings. The highest BCUT2D eigenvalue weighted by Gasteiger charge is 2.39. The van der Waals surface area contributed by atoms with Crippen LogP contribution in [0.3, 0.4) is 0 Å². The van der Waals surface area contributed by atoms with Crippen LogP contribution in [0.15, 0.2) is 35.7 Å². The predicted molar refractivity (Wildman–Crippen MR) is 220 cm³/mol. The number of carbonyl (C=O) groups is 5. The molecule has 2 heterocycles. The number of ketones is 1. The zero-order chi connectivity index (χ0) is 41.4. The Morgan fingerprint density at radius 3 is 2.39 bits per heavy atom. The Bertz CT molecular complexity index is 1550. The second kappa shape index (κ2) is 23.5. The van der Waals surface area contributed by atoms with Crippen molar-refractivity contribution in [2.24, 2.45) is 23.7 Å². The first-order valence-corrected chi connectivity index (χ1v) is 21.4. The summed E-state index contributed by atoms with van der Waals surface area (Å²) in [5.41, 5.74) is 1.14. The monoisotopic (exact) mass is 797 g/mol. The molecule has 0 unspecified atom stereocenters. The number of aliphatic hydroxyl groups is 1. The maximum absolute atomic E-state index is 14.7. The van der Waals surface area contributed by atoms with Gasteiger partial charge in [0.1, 0.15) is 16.8 Å². The highest BCUT2D eigenvalue weighted by atomic mass is 32.1. The Kier molecular flexibility index (Phi) is 19.6. The third-order valence-electron chi connectivity index (χ3n) is 11.2. The smallest absolute Gasteiger partial charge is 0.308 e. The lowest BCUT2D eigenvalue weighted by Crippen LogP contribution is -2.52. The number of esters is 1. The molecule has 3 rings (SSSR count). The van der Waals surface area contributed by atoms with Gasteiger partial charge in [-0.2, -0.15) is 0 Å². The molecule has 1 saturated heterocycles. The number of nitrogens with one attached hydrogen (secondary N) is 2. The molecule has 56 heavy (non-hydrogen) atoms. The molecule has 1 aliphatic rings. The van der Waals surface area contributed by atoms with Crippen LogP contribution in [0.5, 0.6) is 0 Å². The van der Waals surface area contributed by atoms with Crippen LogP contribution >= 0.6 is 11.3 Å². The lowest BCUT2D eigenvalue weighted by molar-refractivity contribution is -0.147. The summed E-state index contributed by atoms with van der Waals surface area (Å²) >= 11 is 1.15. The Labute approximate surface area is 338 Å². The van der Waals surface area contributed by atoms with Gasteiger partial charge in [-0.15, -0.1) is 11.3 Å². The van der Waals surface area contributed by atoms with E-state index in [1.807, 2.05) is 72.0 Å². The van der Waals surface area contributed by atoms with Crippen LogP contribution in [0, 0.1) is 23.7 Å². The van der Waals surface area contributed by atoms with Crippen molar-refractivity contribution in [3.8, 4) is 0 Å². The van der Waals surface area contributed by atoms with Crippen LogP contribution in [-0.2, 0) is 30.3 Å². The molecular weight excluding hydrogens is 731 g/mol. The summed E-state index contributed by atoms with van der Waals surface area (Å²) < 4.78 is 4.93. The fraction of sp³-hybridized carbons (Fsp3) is 0.674. The van der Waals surface area contributed by atoms with Crippen LogP contribution < -0.4 is 10.6 Å². The summed E-state index contributed by atoms with van der Waals surface area (Å²) in [5, 5.41) is 19.6. The van der Waals surface area contributed by atoms with Crippen LogP contribution in [0.4, 0.5) is 0 Å². The predicted octanol–water partition coefficient (Wildman–Crippen LogP) is 5.98. The minimum Gasteiger partial charge on any atom is -0.469 e. The van der Waals surface area contributed by atoms with E-state index in [-0.39, 0.29) is 72.6 Å². The molecule has 3 amide bonds. The van der Waals surface area contributed by atoms with Crippen molar-refractivity contribution < 1.29 is 33.8 Å². The maximum atomic E-state index is 14.7. The zero-order valence-electron chi connectivity index (χ0n) is 34.9. The number of benzene rings is 1. The molecule has 0 spiro atoms. The standard InChI is InChI=1S/C43H67N5O7S/c1-9-11-20-44-39(51)26-48(42(53)33(29(5)10-2)24-37(49)35-19-15-16-21-47(35)7)36(28(3)4)25-38(50)41-46-34(27-56-41)40(52)45-32(22-30(6)43(54)55-8)23-31-17-13-12-14-18-31/h12-14,17-18,27-30,32-33,35-36,38,50H,9-11,15-16,19-26H2,1-8H3,(H,44,51)(H,45,52)/t29-,30-,32+,33-,35+,36+,38+/m0/s1. The minimum absolute atomic E-state index is 0.0543. The number of likely N-dealkylation sites (N-methyl/N-ethyl adjacent to an activating group) is 1. The average Bonchev–Trinajstić information content (AvgIpc) is 3.69. The summed E-state index contributed by atoms with van der Waals surface area (Å²) in [6.45, 7) is 12.9. The van der Waals surface area contributed by atoms with E-state index in [0.29, 0.717) is 30.8 Å². The van der Waals surface area contributed by atoms with Gasteiger partial charge in [0.25, 0.3) is 5.91 Å². The number of Topliss-reactive ketones (excluding diaryl/α,β-unsaturated/α-hetero) is 1. The average molecular weight is 798 g/mol. The topological polar surface area (TPSA) is 158 Å². The lowest BCUT2D eigenvalue weighted by Gasteiger charge is -2.39. The number of likely N-dealkylation sites (tertiary alicyclic amines) is 1. The zero-order valence-corrected chi connectivity index (χ0v) is 35.7. The van der Waals surface area contributed by atoms with E-state index in [1.54, 1.807) is 17.2 Å². The fourth-order valence-corrected chi connectivity index (χ4v) is 8.34. The summed E-state index contributed by atoms with van der Waals surface area (Å²) in [6, 6.07) is 8.51. The van der Waals surface area contributed by atoms with Gasteiger partial charge in [0.2, 0.25) is 11.8 Å². The van der Waals surface area contributed by atoms with Gasteiger partial charge in [-0.25, -0.2) is 4.98 Å². The number of unbranched alkanes of at least 4 members (excludes halogenated alkanes) is 1. The number of aliphatic hydroxyl groups excluding tert-OH is 1. The third kappa shape index (κ3) is 14.1. The SMILES string of the molecule is CCCCNC(=O)CN(C(=O)[C@@H](CC(=O)[C@H]1CCCCN1C)[C@@H](C)CC)[C@H](C[C@@H](O)c1nc(C(=O)N[C@@H](Cc2ccccc2)C[C@H](C)C(=O)OC)cs1)C(C)C. The van der Waals surface area contributed by atoms with E-state index in [0.717, 1.165) is 55.5 Å². The van der Waals surface area contributed by atoms with Crippen molar-refractivity contribution in [3.63, 3.8) is 0 Å². The molecule has 1 aromatic heterocycles. The molecule has 312 valence electrons. The Morgan fingerprint density at radius 2 is 1.77 bits per heavy atom. The van der Waals surface area contributed by atoms with E-state index < -0.39 is 29.9 Å². The van der Waals surface area contributed by atoms with Gasteiger partial charge in [-0.05, 0) is 63.1 Å². The molecule has 0 radical (unpaired) electrons. The summed E-state index contributed by atoms with van der Waals surface area (Å²) in [4.78, 5) is 75.9. The minimum atomic E-state index is -1.13. The molecule has 13 heteroatoms. The number of nitrogens with zero attached hydrogens (tertiary/aromatic N) is 3. The van der Waals surface area contributed by atoms with E-state index in [9.17, 15) is 29.1 Å². The van der Waals surface area contributed by atoms with E-state index in [1.165, 1.54) is 7.11 Å². The largest absolute Gasteiger partial charge is 0.469 e. The summed E-state index contributed by atoms with van der Waals surface area (Å²) in [7, 11) is 3.31. The first-order valence-electron chi connectivity index (χ1n) is 20.6. The molecule has 0 bridgehead atoms. The summed E-state index contributed by atoms with van der Waals surface area (Å²) in [6.07, 6.45) is 5.10. The van der Waals surface area contributed by atoms with Crippen molar-refractivity contribution >= 4 is 40.8 Å². The number of aromatic nitrogens is 1. The van der Waals surface area contributed by atoms with Gasteiger partial charge in [-0.3, -0.25) is 28.9 Å². The number of hydrogen-bond acceptors (Lipinski definition) is 10. The number of amides is 3. The highest BCUT2D eigenvalue weighted by Crippen LogP contribution is 2.32. The number of methoxy groups -OCH3 is 1. The van der Waals surface area contributed by atoms with Gasteiger partial charge in [0, 0.05) is 42.8 Å². The van der Waals surface area contributed by atoms with Crippen molar-refractivity contribution in [1.29, 1.82) is 0 Å². The number of piperidine rings is 1. The molecule has 0 saturated carbocycles. The first kappa shape index (κ1) is 46.7. The van der Waals surface area contributed by atoms with Crippen molar-refractivity contribution in [2.75, 3.05) is 33.8 Å². The molecule has 1 fully saturated rings. The normalized spacial score (nSPS) is 17.9. The quantitative estimate of drug-likeness (QED) is 0.0909. The van der Waals surface area contributed by atoms with Crippen LogP contribution in [0.2, 0.25) is 0 Å². The van der Waals surface area contributed by atoms with Gasteiger partial charge >= 0.3 is 5.97 Å². The number of carbonyl (C=O) groups excluding carboxylic acids is 5. The van der Waals surface area contributed by atoms with Gasteiger partial charge in [0.15, 0.2) is 5.78 Å². The number of thiazole rings is 1. The Balaban J connectivity index is 1.86. The fourth-order valence-electron chi connectivity index (χ4n) is 7.55. The molecule has 3 N–H and O–H groups in total. The number of hydrogen-bond donors (Lipinski definition) is 3. The van der Waals surface area contributed by atoms with E-state index >= 15 is 0 Å². The molecular formula is C43H67N5O7S. The molecule has 1 aromatic carbocycles. The molecule has 0 aliphatic carbocycles. The van der Waals surface area contributed by atoms with Crippen LogP contribution in [-0.4, -0.2) is 101 Å². The Morgan fingerprint density at radius 1 is 1.05 bits per heavy atom. The third-order valence-corrected chi connectivity index (χ3v) is 12.2. The molecule has 1 aliphatic heterocycles. The van der Waals surface area contributed by atoms with Crippen molar-refractivity contribution in [1.82, 2.24) is 25.4 Å². The summed E-state index contributed by atoms with van der Waals surface area (Å²) in [5.74, 6) is -2.60. The second-order valence-corrected chi connectivity index (χ2v) is 16.9. The molecule has 12 nitrogen and oxygen atoms in total. The van der Waals surface area contributed by atoms with Crippen LogP contribution in [0.25, 0.3) is 0 Å². The first-order chi connectivity index (χ1) is 26.7. The lowest BCUT2D eigenvalue weighted by atomic mass is 9.82. The van der Waals surface area contributed by atoms with Gasteiger partial charge in [0.05, 0.1) is 25.6 Å². The van der Waals surface area contributed by atoms with E-state index in [2.05, 4.69) is 20.5 Å². The number of rotatable bonds is 23. The van der Waals surface area contributed by atoms with Gasteiger partial charge in [-0.1, -0.05) is 91.1 Å². The maximum Gasteiger partial charge on any atom is 0.308 e. The van der Waals surface area contributed by atoms with E-state index in [4.69, 9.17) is 4.74 Å². The Hall–Kier alpha value is -3.68. The highest BCUT2D eigenvalue weighted by molar-refractivity contribution is 7.09. The van der Waals surface area contributed by atoms with Gasteiger partial charge < -0.3 is 25.4 Å². The number of ether oxygens (including phenoxy) is 1.